The number of carbonyl (C=O) groups is 2. The van der Waals surface area contributed by atoms with Crippen molar-refractivity contribution in [1.82, 2.24) is 25.0 Å². The Morgan fingerprint density at radius 1 is 1.00 bits per heavy atom. The lowest BCUT2D eigenvalue weighted by Crippen LogP contribution is -2.47. The molecule has 2 aliphatic carbocycles. The van der Waals surface area contributed by atoms with Crippen molar-refractivity contribution in [2.75, 3.05) is 18.4 Å². The van der Waals surface area contributed by atoms with Crippen LogP contribution in [0, 0.1) is 0 Å². The Morgan fingerprint density at radius 3 is 2.49 bits per heavy atom. The van der Waals surface area contributed by atoms with E-state index in [0.717, 1.165) is 83.6 Å². The Labute approximate surface area is 260 Å². The third-order valence-electron chi connectivity index (χ3n) is 8.99. The van der Waals surface area contributed by atoms with E-state index in [2.05, 4.69) is 27.7 Å². The van der Waals surface area contributed by atoms with Crippen LogP contribution in [0.1, 0.15) is 67.1 Å². The summed E-state index contributed by atoms with van der Waals surface area (Å²) in [5.74, 6) is -0.280. The number of likely N-dealkylation sites (tertiary alicyclic amines) is 1. The van der Waals surface area contributed by atoms with Crippen LogP contribution in [0.4, 0.5) is 5.13 Å². The maximum absolute atomic E-state index is 13.3. The van der Waals surface area contributed by atoms with Gasteiger partial charge < -0.3 is 15.5 Å². The lowest BCUT2D eigenvalue weighted by Gasteiger charge is -2.36. The number of fused-ring (bicyclic) bond motifs is 3. The van der Waals surface area contributed by atoms with E-state index in [-0.39, 0.29) is 17.9 Å². The highest BCUT2D eigenvalue weighted by atomic mass is 35.5. The second-order valence-electron chi connectivity index (χ2n) is 11.8. The highest BCUT2D eigenvalue weighted by Crippen LogP contribution is 2.44. The molecule has 0 spiro atoms. The number of aryl methyl sites for hydroxylation is 1. The van der Waals surface area contributed by atoms with Gasteiger partial charge in [0.25, 0.3) is 5.91 Å². The zero-order valence-corrected chi connectivity index (χ0v) is 25.8. The molecule has 10 heteroatoms. The number of nitrogens with zero attached hydrogens (tertiary/aromatic N) is 4. The van der Waals surface area contributed by atoms with E-state index in [1.165, 1.54) is 43.9 Å². The number of aromatic nitrogens is 3. The van der Waals surface area contributed by atoms with Gasteiger partial charge in [0.05, 0.1) is 38.2 Å². The smallest absolute Gasteiger partial charge is 0.253 e. The number of hydrogen-bond acceptors (Lipinski definition) is 6. The summed E-state index contributed by atoms with van der Waals surface area (Å²) in [5, 5.41) is 12.1. The van der Waals surface area contributed by atoms with Gasteiger partial charge in [-0.05, 0) is 56.7 Å². The summed E-state index contributed by atoms with van der Waals surface area (Å²) in [5.41, 5.74) is 6.23. The predicted molar refractivity (Wildman–Crippen MR) is 171 cm³/mol. The SMILES string of the molecule is CC(=O)Nc1nc2c(s1)-c1c(c(-c3ccccc3)nn1-c1ccc(C(=O)NC3CCN(C4CCCC4)CC3)c(Cl)c1)CC2. The van der Waals surface area contributed by atoms with Crippen molar-refractivity contribution in [2.45, 2.75) is 70.4 Å². The second-order valence-corrected chi connectivity index (χ2v) is 13.2. The maximum atomic E-state index is 13.3. The van der Waals surface area contributed by atoms with E-state index >= 15 is 0 Å². The number of thiazole rings is 1. The molecule has 2 fully saturated rings. The summed E-state index contributed by atoms with van der Waals surface area (Å²) in [6.07, 6.45) is 8.79. The van der Waals surface area contributed by atoms with Gasteiger partial charge in [-0.2, -0.15) is 5.10 Å². The highest BCUT2D eigenvalue weighted by molar-refractivity contribution is 7.19. The van der Waals surface area contributed by atoms with Gasteiger partial charge in [-0.1, -0.05) is 66.1 Å². The van der Waals surface area contributed by atoms with Crippen molar-refractivity contribution < 1.29 is 9.59 Å². The average molecular weight is 615 g/mol. The van der Waals surface area contributed by atoms with Crippen molar-refractivity contribution in [3.8, 4) is 27.5 Å². The molecule has 0 unspecified atom stereocenters. The molecule has 1 saturated heterocycles. The van der Waals surface area contributed by atoms with Crippen molar-refractivity contribution in [3.63, 3.8) is 0 Å². The molecular weight excluding hydrogens is 580 g/mol. The summed E-state index contributed by atoms with van der Waals surface area (Å²) in [6.45, 7) is 3.57. The van der Waals surface area contributed by atoms with E-state index in [9.17, 15) is 9.59 Å². The first-order valence-corrected chi connectivity index (χ1v) is 16.4. The van der Waals surface area contributed by atoms with Crippen molar-refractivity contribution >= 4 is 39.9 Å². The number of rotatable bonds is 6. The van der Waals surface area contributed by atoms with Crippen LogP contribution in [0.25, 0.3) is 27.5 Å². The molecule has 2 amide bonds. The van der Waals surface area contributed by atoms with Gasteiger partial charge in [0.2, 0.25) is 5.91 Å². The minimum absolute atomic E-state index is 0.131. The van der Waals surface area contributed by atoms with Crippen LogP contribution in [0.15, 0.2) is 48.5 Å². The number of anilines is 1. The van der Waals surface area contributed by atoms with Crippen LogP contribution in [0.2, 0.25) is 5.02 Å². The summed E-state index contributed by atoms with van der Waals surface area (Å²) >= 11 is 8.26. The van der Waals surface area contributed by atoms with Gasteiger partial charge in [0.1, 0.15) is 0 Å². The number of amides is 2. The fourth-order valence-electron chi connectivity index (χ4n) is 6.85. The predicted octanol–water partition coefficient (Wildman–Crippen LogP) is 6.51. The molecule has 2 N–H and O–H groups in total. The minimum atomic E-state index is -0.148. The number of halogens is 1. The van der Waals surface area contributed by atoms with Crippen molar-refractivity contribution in [3.05, 3.63) is 70.4 Å². The molecule has 3 heterocycles. The van der Waals surface area contributed by atoms with Gasteiger partial charge in [0, 0.05) is 43.2 Å². The van der Waals surface area contributed by atoms with Gasteiger partial charge in [-0.15, -0.1) is 0 Å². The van der Waals surface area contributed by atoms with Crippen LogP contribution < -0.4 is 10.6 Å². The molecule has 1 saturated carbocycles. The Balaban J connectivity index is 1.17. The van der Waals surface area contributed by atoms with Crippen molar-refractivity contribution in [2.24, 2.45) is 0 Å². The summed E-state index contributed by atoms with van der Waals surface area (Å²) in [7, 11) is 0. The molecule has 0 atom stereocenters. The number of nitrogens with one attached hydrogen (secondary N) is 2. The van der Waals surface area contributed by atoms with E-state index < -0.39 is 0 Å². The molecule has 0 bridgehead atoms. The average Bonchev–Trinajstić information content (AvgIpc) is 3.76. The zero-order valence-electron chi connectivity index (χ0n) is 24.2. The molecule has 2 aromatic carbocycles. The fourth-order valence-corrected chi connectivity index (χ4v) is 8.23. The van der Waals surface area contributed by atoms with Gasteiger partial charge >= 0.3 is 0 Å². The molecular formula is C33H35ClN6O2S. The summed E-state index contributed by atoms with van der Waals surface area (Å²) in [6, 6.07) is 16.6. The zero-order chi connectivity index (χ0) is 29.5. The maximum Gasteiger partial charge on any atom is 0.253 e. The standard InChI is InChI=1S/C33H35ClN6O2S/c1-20(41)35-33-37-28-14-13-26-29(21-7-3-2-4-8-21)38-40(30(26)31(28)43-33)24-11-12-25(27(34)19-24)32(42)36-22-15-17-39(18-16-22)23-9-5-6-10-23/h2-4,7-8,11-12,19,22-23H,5-6,9-10,13-18H2,1H3,(H,36,42)(H,35,37,41). The molecule has 3 aliphatic rings. The molecule has 43 heavy (non-hydrogen) atoms. The number of piperidine rings is 1. The lowest BCUT2D eigenvalue weighted by atomic mass is 9.95. The fraction of sp³-hybridized carbons (Fsp3) is 0.394. The first-order valence-electron chi connectivity index (χ1n) is 15.2. The minimum Gasteiger partial charge on any atom is -0.349 e. The third kappa shape index (κ3) is 5.61. The Bertz CT molecular complexity index is 1670. The van der Waals surface area contributed by atoms with Crippen molar-refractivity contribution in [1.29, 1.82) is 0 Å². The molecule has 222 valence electrons. The number of carbonyl (C=O) groups excluding carboxylic acids is 2. The van der Waals surface area contributed by atoms with E-state index in [1.54, 1.807) is 6.07 Å². The van der Waals surface area contributed by atoms with E-state index in [4.69, 9.17) is 21.7 Å². The van der Waals surface area contributed by atoms with E-state index in [0.29, 0.717) is 15.7 Å². The van der Waals surface area contributed by atoms with Crippen LogP contribution in [-0.2, 0) is 17.6 Å². The topological polar surface area (TPSA) is 92.1 Å². The molecule has 0 radical (unpaired) electrons. The Kier molecular flexibility index (Phi) is 7.80. The molecule has 2 aromatic heterocycles. The van der Waals surface area contributed by atoms with E-state index in [1.807, 2.05) is 35.0 Å². The van der Waals surface area contributed by atoms with Gasteiger partial charge in [-0.3, -0.25) is 9.59 Å². The quantitative estimate of drug-likeness (QED) is 0.258. The van der Waals surface area contributed by atoms with Crippen LogP contribution in [-0.4, -0.2) is 56.7 Å². The number of benzene rings is 2. The van der Waals surface area contributed by atoms with Gasteiger partial charge in [-0.25, -0.2) is 9.67 Å². The first-order chi connectivity index (χ1) is 20.9. The van der Waals surface area contributed by atoms with Gasteiger partial charge in [0.15, 0.2) is 5.13 Å². The number of hydrogen-bond donors (Lipinski definition) is 2. The Morgan fingerprint density at radius 2 is 1.77 bits per heavy atom. The highest BCUT2D eigenvalue weighted by Gasteiger charge is 2.31. The lowest BCUT2D eigenvalue weighted by molar-refractivity contribution is -0.114. The normalized spacial score (nSPS) is 17.4. The molecule has 4 aromatic rings. The largest absolute Gasteiger partial charge is 0.349 e. The second kappa shape index (κ2) is 11.9. The molecule has 7 rings (SSSR count). The van der Waals surface area contributed by atoms with Crippen LogP contribution in [0.5, 0.6) is 0 Å². The monoisotopic (exact) mass is 614 g/mol. The molecule has 8 nitrogen and oxygen atoms in total. The van der Waals surface area contributed by atoms with Crippen LogP contribution >= 0.6 is 22.9 Å². The first kappa shape index (κ1) is 28.3. The summed E-state index contributed by atoms with van der Waals surface area (Å²) in [4.78, 5) is 33.4. The van der Waals surface area contributed by atoms with Crippen LogP contribution in [0.3, 0.4) is 0 Å². The Hall–Kier alpha value is -3.53. The third-order valence-corrected chi connectivity index (χ3v) is 10.3. The summed E-state index contributed by atoms with van der Waals surface area (Å²) < 4.78 is 1.91. The molecule has 1 aliphatic heterocycles.